The van der Waals surface area contributed by atoms with Crippen LogP contribution in [-0.2, 0) is 28.6 Å². The summed E-state index contributed by atoms with van der Waals surface area (Å²) in [6.07, 6.45) is 62.5. The Morgan fingerprint density at radius 1 is 0.339 bits per heavy atom. The maximum atomic E-state index is 12.7. The molecule has 1 unspecified atom stereocenters. The van der Waals surface area contributed by atoms with Crippen LogP contribution in [0.25, 0.3) is 0 Å². The molecule has 0 heterocycles. The number of ether oxygens (including phenoxy) is 3. The van der Waals surface area contributed by atoms with Crippen LogP contribution in [-0.4, -0.2) is 37.2 Å². The van der Waals surface area contributed by atoms with E-state index < -0.39 is 6.10 Å². The molecular formula is C56H98O6. The van der Waals surface area contributed by atoms with Crippen LogP contribution in [0, 0.1) is 0 Å². The van der Waals surface area contributed by atoms with Crippen molar-refractivity contribution in [3.05, 3.63) is 60.8 Å². The minimum absolute atomic E-state index is 0.0761. The van der Waals surface area contributed by atoms with Crippen molar-refractivity contribution in [1.82, 2.24) is 0 Å². The Kier molecular flexibility index (Phi) is 48.4. The van der Waals surface area contributed by atoms with E-state index in [4.69, 9.17) is 14.2 Å². The van der Waals surface area contributed by atoms with Gasteiger partial charge in [-0.3, -0.25) is 14.4 Å². The first kappa shape index (κ1) is 59.1. The number of carbonyl (C=O) groups excluding carboxylic acids is 3. The minimum atomic E-state index is -0.772. The lowest BCUT2D eigenvalue weighted by Gasteiger charge is -2.18. The van der Waals surface area contributed by atoms with Crippen LogP contribution in [0.5, 0.6) is 0 Å². The van der Waals surface area contributed by atoms with Crippen molar-refractivity contribution in [1.29, 1.82) is 0 Å². The van der Waals surface area contributed by atoms with E-state index in [0.717, 1.165) is 96.3 Å². The molecule has 0 saturated heterocycles. The molecule has 0 bridgehead atoms. The number of rotatable bonds is 47. The molecule has 0 aromatic carbocycles. The molecular weight excluding hydrogens is 769 g/mol. The van der Waals surface area contributed by atoms with Gasteiger partial charge in [-0.25, -0.2) is 0 Å². The van der Waals surface area contributed by atoms with Crippen molar-refractivity contribution in [3.63, 3.8) is 0 Å². The summed E-state index contributed by atoms with van der Waals surface area (Å²) >= 11 is 0. The maximum Gasteiger partial charge on any atom is 0.306 e. The minimum Gasteiger partial charge on any atom is -0.462 e. The van der Waals surface area contributed by atoms with Crippen molar-refractivity contribution in [2.45, 2.75) is 264 Å². The van der Waals surface area contributed by atoms with Crippen LogP contribution in [0.4, 0.5) is 0 Å². The Hall–Kier alpha value is -2.89. The van der Waals surface area contributed by atoms with Gasteiger partial charge in [-0.05, 0) is 77.0 Å². The molecule has 0 aromatic heterocycles. The standard InChI is InChI=1S/C56H98O6/c1-4-7-10-13-16-18-20-21-22-23-24-25-26-27-28-29-30-31-32-33-34-35-37-38-40-43-46-49-55(58)61-52-53(51-60-54(57)48-45-42-15-12-9-6-3)62-56(59)50-47-44-41-39-36-19-17-14-11-8-5-2/h7,10,14,16-18,21-22,24-25,53H,4-6,8-9,11-13,15,19-20,23,26-52H2,1-3H3/b10-7-,17-14-,18-16-,22-21-,25-24-. The first-order valence-corrected chi connectivity index (χ1v) is 26.3. The van der Waals surface area contributed by atoms with Crippen molar-refractivity contribution in [2.24, 2.45) is 0 Å². The summed E-state index contributed by atoms with van der Waals surface area (Å²) < 4.78 is 16.7. The van der Waals surface area contributed by atoms with Crippen LogP contribution in [0.15, 0.2) is 60.8 Å². The van der Waals surface area contributed by atoms with Crippen LogP contribution >= 0.6 is 0 Å². The van der Waals surface area contributed by atoms with Crippen LogP contribution < -0.4 is 0 Å². The fraction of sp³-hybridized carbons (Fsp3) is 0.768. The number of carbonyl (C=O) groups is 3. The fourth-order valence-corrected chi connectivity index (χ4v) is 7.30. The van der Waals surface area contributed by atoms with Gasteiger partial charge in [-0.2, -0.15) is 0 Å². The van der Waals surface area contributed by atoms with Gasteiger partial charge < -0.3 is 14.2 Å². The van der Waals surface area contributed by atoms with Gasteiger partial charge in [0.1, 0.15) is 13.2 Å². The number of hydrogen-bond donors (Lipinski definition) is 0. The topological polar surface area (TPSA) is 78.9 Å². The van der Waals surface area contributed by atoms with Crippen LogP contribution in [0.1, 0.15) is 258 Å². The number of esters is 3. The fourth-order valence-electron chi connectivity index (χ4n) is 7.30. The molecule has 0 aliphatic carbocycles. The summed E-state index contributed by atoms with van der Waals surface area (Å²) in [5.41, 5.74) is 0. The SMILES string of the molecule is CC/C=C\C/C=C\C/C=C\C/C=C\CCCCCCCCCCCCCCCCC(=O)OCC(COC(=O)CCCCCCCC)OC(=O)CCCCCCC/C=C\CCCC. The molecule has 0 aliphatic rings. The predicted octanol–water partition coefficient (Wildman–Crippen LogP) is 17.3. The predicted molar refractivity (Wildman–Crippen MR) is 265 cm³/mol. The van der Waals surface area contributed by atoms with E-state index in [1.54, 1.807) is 0 Å². The van der Waals surface area contributed by atoms with E-state index >= 15 is 0 Å². The van der Waals surface area contributed by atoms with Gasteiger partial charge in [0.25, 0.3) is 0 Å². The quantitative estimate of drug-likeness (QED) is 0.0262. The Morgan fingerprint density at radius 3 is 1.05 bits per heavy atom. The average molecular weight is 867 g/mol. The van der Waals surface area contributed by atoms with Crippen molar-refractivity contribution >= 4 is 17.9 Å². The zero-order chi connectivity index (χ0) is 45.1. The molecule has 1 atom stereocenters. The molecule has 0 radical (unpaired) electrons. The van der Waals surface area contributed by atoms with Gasteiger partial charge >= 0.3 is 17.9 Å². The average Bonchev–Trinajstić information content (AvgIpc) is 3.27. The highest BCUT2D eigenvalue weighted by Crippen LogP contribution is 2.15. The molecule has 0 spiro atoms. The molecule has 0 saturated carbocycles. The Balaban J connectivity index is 4.03. The third-order valence-corrected chi connectivity index (χ3v) is 11.3. The van der Waals surface area contributed by atoms with E-state index in [2.05, 4.69) is 81.5 Å². The van der Waals surface area contributed by atoms with Gasteiger partial charge in [-0.15, -0.1) is 0 Å². The highest BCUT2D eigenvalue weighted by Gasteiger charge is 2.19. The molecule has 0 N–H and O–H groups in total. The van der Waals surface area contributed by atoms with Crippen LogP contribution in [0.3, 0.4) is 0 Å². The van der Waals surface area contributed by atoms with Gasteiger partial charge in [0, 0.05) is 19.3 Å². The van der Waals surface area contributed by atoms with Crippen molar-refractivity contribution in [2.75, 3.05) is 13.2 Å². The normalized spacial score (nSPS) is 12.5. The number of allylic oxidation sites excluding steroid dienone is 10. The summed E-state index contributed by atoms with van der Waals surface area (Å²) in [5.74, 6) is -0.893. The molecule has 6 nitrogen and oxygen atoms in total. The zero-order valence-electron chi connectivity index (χ0n) is 40.9. The molecule has 6 heteroatoms. The van der Waals surface area contributed by atoms with Gasteiger partial charge in [0.2, 0.25) is 0 Å². The van der Waals surface area contributed by atoms with E-state index in [1.807, 2.05) is 0 Å². The Labute approximate surface area is 383 Å². The summed E-state index contributed by atoms with van der Waals surface area (Å²) in [6, 6.07) is 0. The lowest BCUT2D eigenvalue weighted by atomic mass is 10.0. The molecule has 62 heavy (non-hydrogen) atoms. The molecule has 358 valence electrons. The van der Waals surface area contributed by atoms with E-state index in [0.29, 0.717) is 19.3 Å². The summed E-state index contributed by atoms with van der Waals surface area (Å²) in [7, 11) is 0. The second-order valence-electron chi connectivity index (χ2n) is 17.4. The molecule has 0 aliphatic heterocycles. The lowest BCUT2D eigenvalue weighted by Crippen LogP contribution is -2.30. The first-order chi connectivity index (χ1) is 30.5. The van der Waals surface area contributed by atoms with Crippen molar-refractivity contribution < 1.29 is 28.6 Å². The largest absolute Gasteiger partial charge is 0.462 e. The summed E-state index contributed by atoms with van der Waals surface area (Å²) in [6.45, 7) is 6.42. The first-order valence-electron chi connectivity index (χ1n) is 26.3. The lowest BCUT2D eigenvalue weighted by molar-refractivity contribution is -0.167. The van der Waals surface area contributed by atoms with Gasteiger partial charge in [-0.1, -0.05) is 223 Å². The number of unbranched alkanes of at least 4 members (excludes halogenated alkanes) is 26. The highest BCUT2D eigenvalue weighted by molar-refractivity contribution is 5.71. The highest BCUT2D eigenvalue weighted by atomic mass is 16.6. The molecule has 0 amide bonds. The molecule has 0 rings (SSSR count). The van der Waals surface area contributed by atoms with Gasteiger partial charge in [0.05, 0.1) is 0 Å². The summed E-state index contributed by atoms with van der Waals surface area (Å²) in [4.78, 5) is 37.7. The Bertz CT molecular complexity index is 1130. The molecule has 0 aromatic rings. The number of hydrogen-bond acceptors (Lipinski definition) is 6. The second kappa shape index (κ2) is 50.8. The van der Waals surface area contributed by atoms with E-state index in [9.17, 15) is 14.4 Å². The van der Waals surface area contributed by atoms with Crippen LogP contribution in [0.2, 0.25) is 0 Å². The maximum absolute atomic E-state index is 12.7. The van der Waals surface area contributed by atoms with Crippen molar-refractivity contribution in [3.8, 4) is 0 Å². The third-order valence-electron chi connectivity index (χ3n) is 11.3. The monoisotopic (exact) mass is 867 g/mol. The Morgan fingerprint density at radius 2 is 0.645 bits per heavy atom. The zero-order valence-corrected chi connectivity index (χ0v) is 40.9. The van der Waals surface area contributed by atoms with Gasteiger partial charge in [0.15, 0.2) is 6.10 Å². The van der Waals surface area contributed by atoms with E-state index in [1.165, 1.54) is 122 Å². The molecule has 0 fully saturated rings. The smallest absolute Gasteiger partial charge is 0.306 e. The third kappa shape index (κ3) is 48.1. The van der Waals surface area contributed by atoms with E-state index in [-0.39, 0.29) is 31.1 Å². The second-order valence-corrected chi connectivity index (χ2v) is 17.4. The summed E-state index contributed by atoms with van der Waals surface area (Å²) in [5, 5.41) is 0.